The Morgan fingerprint density at radius 2 is 2.15 bits per heavy atom. The average molecular weight is 243 g/mol. The fourth-order valence-corrected chi connectivity index (χ4v) is 1.42. The highest BCUT2D eigenvalue weighted by atomic mass is 79.9. The lowest BCUT2D eigenvalue weighted by Gasteiger charge is -2.17. The highest BCUT2D eigenvalue weighted by Crippen LogP contribution is 2.11. The summed E-state index contributed by atoms with van der Waals surface area (Å²) in [6, 6.07) is 5.95. The third-order valence-corrected chi connectivity index (χ3v) is 2.24. The maximum atomic E-state index is 5.88. The van der Waals surface area contributed by atoms with E-state index in [1.54, 1.807) is 0 Å². The molecule has 0 fully saturated rings. The first-order valence-corrected chi connectivity index (χ1v) is 5.17. The molecule has 13 heavy (non-hydrogen) atoms. The molecule has 3 heteroatoms. The van der Waals surface area contributed by atoms with Crippen molar-refractivity contribution in [2.75, 3.05) is 0 Å². The molecule has 1 heterocycles. The number of halogens is 1. The average Bonchev–Trinajstić information content (AvgIpc) is 2.00. The monoisotopic (exact) mass is 242 g/mol. The first-order chi connectivity index (χ1) is 5.97. The molecule has 0 aliphatic carbocycles. The summed E-state index contributed by atoms with van der Waals surface area (Å²) in [4.78, 5) is 4.34. The van der Waals surface area contributed by atoms with Crippen LogP contribution in [0.5, 0.6) is 0 Å². The van der Waals surface area contributed by atoms with Gasteiger partial charge >= 0.3 is 0 Å². The molecule has 0 saturated carbocycles. The predicted molar refractivity (Wildman–Crippen MR) is 58.5 cm³/mol. The molecule has 0 spiro atoms. The smallest absolute Gasteiger partial charge is 0.106 e. The molecule has 1 aromatic heterocycles. The number of nitrogens with two attached hydrogens (primary N) is 1. The van der Waals surface area contributed by atoms with Gasteiger partial charge in [0.25, 0.3) is 0 Å². The van der Waals surface area contributed by atoms with Gasteiger partial charge in [-0.1, -0.05) is 6.07 Å². The summed E-state index contributed by atoms with van der Waals surface area (Å²) in [6.45, 7) is 4.07. The molecule has 0 aromatic carbocycles. The van der Waals surface area contributed by atoms with Crippen LogP contribution in [0.15, 0.2) is 22.8 Å². The molecule has 2 N–H and O–H groups in total. The zero-order chi connectivity index (χ0) is 9.90. The van der Waals surface area contributed by atoms with Crippen LogP contribution in [0, 0.1) is 0 Å². The Bertz CT molecular complexity index is 278. The maximum Gasteiger partial charge on any atom is 0.106 e. The number of nitrogens with zero attached hydrogens (tertiary/aromatic N) is 1. The minimum atomic E-state index is -0.107. The summed E-state index contributed by atoms with van der Waals surface area (Å²) in [5.41, 5.74) is 6.87. The number of rotatable bonds is 3. The standard InChI is InChI=1S/C10H15BrN2/c1-10(2,12)7-6-8-4-3-5-9(11)13-8/h3-5H,6-7,12H2,1-2H3. The van der Waals surface area contributed by atoms with Gasteiger partial charge < -0.3 is 5.73 Å². The van der Waals surface area contributed by atoms with Crippen LogP contribution in [-0.2, 0) is 6.42 Å². The van der Waals surface area contributed by atoms with E-state index in [0.29, 0.717) is 0 Å². The first kappa shape index (κ1) is 10.7. The van der Waals surface area contributed by atoms with Gasteiger partial charge in [0, 0.05) is 11.2 Å². The zero-order valence-corrected chi connectivity index (χ0v) is 9.63. The normalized spacial score (nSPS) is 11.7. The van der Waals surface area contributed by atoms with Crippen molar-refractivity contribution in [2.45, 2.75) is 32.2 Å². The molecule has 0 unspecified atom stereocenters. The van der Waals surface area contributed by atoms with E-state index in [4.69, 9.17) is 5.73 Å². The van der Waals surface area contributed by atoms with E-state index in [1.807, 2.05) is 32.0 Å². The van der Waals surface area contributed by atoms with Gasteiger partial charge in [0.15, 0.2) is 0 Å². The Morgan fingerprint density at radius 3 is 2.69 bits per heavy atom. The molecule has 0 saturated heterocycles. The number of hydrogen-bond donors (Lipinski definition) is 1. The molecule has 0 bridgehead atoms. The number of aryl methyl sites for hydroxylation is 1. The van der Waals surface area contributed by atoms with Gasteiger partial charge in [-0.25, -0.2) is 4.98 Å². The van der Waals surface area contributed by atoms with Crippen LogP contribution in [0.25, 0.3) is 0 Å². The lowest BCUT2D eigenvalue weighted by molar-refractivity contribution is 0.474. The van der Waals surface area contributed by atoms with E-state index < -0.39 is 0 Å². The SMILES string of the molecule is CC(C)(N)CCc1cccc(Br)n1. The van der Waals surface area contributed by atoms with Crippen LogP contribution < -0.4 is 5.73 Å². The number of hydrogen-bond acceptors (Lipinski definition) is 2. The first-order valence-electron chi connectivity index (χ1n) is 4.38. The van der Waals surface area contributed by atoms with Crippen molar-refractivity contribution in [2.24, 2.45) is 5.73 Å². The van der Waals surface area contributed by atoms with Crippen LogP contribution >= 0.6 is 15.9 Å². The van der Waals surface area contributed by atoms with E-state index in [1.165, 1.54) is 0 Å². The molecule has 0 atom stereocenters. The van der Waals surface area contributed by atoms with Crippen molar-refractivity contribution in [3.8, 4) is 0 Å². The second-order valence-corrected chi connectivity index (χ2v) is 4.75. The second-order valence-electron chi connectivity index (χ2n) is 3.94. The topological polar surface area (TPSA) is 38.9 Å². The fraction of sp³-hybridized carbons (Fsp3) is 0.500. The minimum Gasteiger partial charge on any atom is -0.326 e. The van der Waals surface area contributed by atoms with E-state index in [9.17, 15) is 0 Å². The lowest BCUT2D eigenvalue weighted by atomic mass is 9.99. The predicted octanol–water partition coefficient (Wildman–Crippen LogP) is 2.51. The van der Waals surface area contributed by atoms with Gasteiger partial charge in [0.1, 0.15) is 4.60 Å². The second kappa shape index (κ2) is 4.20. The van der Waals surface area contributed by atoms with Crippen LogP contribution in [0.3, 0.4) is 0 Å². The summed E-state index contributed by atoms with van der Waals surface area (Å²) < 4.78 is 0.889. The molecular weight excluding hydrogens is 228 g/mol. The Balaban J connectivity index is 2.55. The van der Waals surface area contributed by atoms with Crippen molar-refractivity contribution in [3.63, 3.8) is 0 Å². The molecule has 0 radical (unpaired) electrons. The molecule has 1 rings (SSSR count). The molecule has 1 aromatic rings. The summed E-state index contributed by atoms with van der Waals surface area (Å²) >= 11 is 3.34. The fourth-order valence-electron chi connectivity index (χ4n) is 1.04. The van der Waals surface area contributed by atoms with E-state index in [2.05, 4.69) is 20.9 Å². The molecular formula is C10H15BrN2. The van der Waals surface area contributed by atoms with Gasteiger partial charge in [0.05, 0.1) is 0 Å². The zero-order valence-electron chi connectivity index (χ0n) is 8.05. The van der Waals surface area contributed by atoms with Crippen LogP contribution in [-0.4, -0.2) is 10.5 Å². The van der Waals surface area contributed by atoms with Crippen molar-refractivity contribution in [1.82, 2.24) is 4.98 Å². The Morgan fingerprint density at radius 1 is 1.46 bits per heavy atom. The Labute approximate surface area is 87.7 Å². The molecule has 0 aliphatic heterocycles. The van der Waals surface area contributed by atoms with E-state index >= 15 is 0 Å². The quantitative estimate of drug-likeness (QED) is 0.828. The molecule has 72 valence electrons. The molecule has 0 aliphatic rings. The van der Waals surface area contributed by atoms with Gasteiger partial charge in [-0.3, -0.25) is 0 Å². The van der Waals surface area contributed by atoms with Crippen LogP contribution in [0.2, 0.25) is 0 Å². The Kier molecular flexibility index (Phi) is 3.45. The van der Waals surface area contributed by atoms with Gasteiger partial charge in [-0.2, -0.15) is 0 Å². The number of pyridine rings is 1. The summed E-state index contributed by atoms with van der Waals surface area (Å²) in [5, 5.41) is 0. The molecule has 2 nitrogen and oxygen atoms in total. The highest BCUT2D eigenvalue weighted by molar-refractivity contribution is 9.10. The summed E-state index contributed by atoms with van der Waals surface area (Å²) in [7, 11) is 0. The number of aromatic nitrogens is 1. The Hall–Kier alpha value is -0.410. The van der Waals surface area contributed by atoms with Crippen molar-refractivity contribution in [3.05, 3.63) is 28.5 Å². The third kappa shape index (κ3) is 4.39. The van der Waals surface area contributed by atoms with Crippen LogP contribution in [0.1, 0.15) is 26.0 Å². The highest BCUT2D eigenvalue weighted by Gasteiger charge is 2.10. The van der Waals surface area contributed by atoms with Gasteiger partial charge in [0.2, 0.25) is 0 Å². The largest absolute Gasteiger partial charge is 0.326 e. The summed E-state index contributed by atoms with van der Waals surface area (Å²) in [5.74, 6) is 0. The van der Waals surface area contributed by atoms with E-state index in [-0.39, 0.29) is 5.54 Å². The lowest BCUT2D eigenvalue weighted by Crippen LogP contribution is -2.32. The van der Waals surface area contributed by atoms with Crippen LogP contribution in [0.4, 0.5) is 0 Å². The van der Waals surface area contributed by atoms with Crippen molar-refractivity contribution >= 4 is 15.9 Å². The minimum absolute atomic E-state index is 0.107. The van der Waals surface area contributed by atoms with E-state index in [0.717, 1.165) is 23.1 Å². The van der Waals surface area contributed by atoms with Gasteiger partial charge in [-0.15, -0.1) is 0 Å². The maximum absolute atomic E-state index is 5.88. The van der Waals surface area contributed by atoms with Gasteiger partial charge in [-0.05, 0) is 54.8 Å². The summed E-state index contributed by atoms with van der Waals surface area (Å²) in [6.07, 6.45) is 1.89. The van der Waals surface area contributed by atoms with Crippen molar-refractivity contribution in [1.29, 1.82) is 0 Å². The van der Waals surface area contributed by atoms with Crippen molar-refractivity contribution < 1.29 is 0 Å². The molecule has 0 amide bonds. The third-order valence-electron chi connectivity index (χ3n) is 1.80.